The van der Waals surface area contributed by atoms with E-state index in [0.717, 1.165) is 38.5 Å². The number of nitrogens with zero attached hydrogens (tertiary/aromatic N) is 2. The summed E-state index contributed by atoms with van der Waals surface area (Å²) in [7, 11) is 7.42. The summed E-state index contributed by atoms with van der Waals surface area (Å²) in [5.41, 5.74) is 0. The zero-order chi connectivity index (χ0) is 37.0. The van der Waals surface area contributed by atoms with Crippen molar-refractivity contribution in [3.63, 3.8) is 0 Å². The minimum absolute atomic E-state index is 0.0964. The summed E-state index contributed by atoms with van der Waals surface area (Å²) < 4.78 is 29.0. The zero-order valence-electron chi connectivity index (χ0n) is 32.6. The maximum atomic E-state index is 13.1. The molecule has 0 amide bonds. The molecule has 1 heterocycles. The molecule has 0 aromatic carbocycles. The SMILES string of the molecule is CCCCCCCCCCCC(=O)OC1[C@@H](COC(=O)CCN(C)C)O[C@@H](OC(=O)CCN(C)C)[C@H]1OC(=O)CCCCCCCCCCC. The van der Waals surface area contributed by atoms with Crippen LogP contribution in [0.3, 0.4) is 0 Å². The second kappa shape index (κ2) is 29.3. The van der Waals surface area contributed by atoms with Crippen LogP contribution in [0.1, 0.15) is 155 Å². The topological polar surface area (TPSA) is 121 Å². The molecule has 1 fully saturated rings. The summed E-state index contributed by atoms with van der Waals surface area (Å²) >= 11 is 0. The predicted molar refractivity (Wildman–Crippen MR) is 196 cm³/mol. The Morgan fingerprint density at radius 3 is 1.30 bits per heavy atom. The molecule has 1 rings (SSSR count). The molecule has 0 bridgehead atoms. The number of hydrogen-bond donors (Lipinski definition) is 0. The summed E-state index contributed by atoms with van der Waals surface area (Å²) in [6, 6.07) is 0. The normalized spacial score (nSPS) is 18.8. The van der Waals surface area contributed by atoms with E-state index < -0.39 is 48.5 Å². The second-order valence-electron chi connectivity index (χ2n) is 14.4. The van der Waals surface area contributed by atoms with Crippen molar-refractivity contribution in [3.05, 3.63) is 0 Å². The average Bonchev–Trinajstić information content (AvgIpc) is 3.37. The fraction of sp³-hybridized carbons (Fsp3) is 0.897. The monoisotopic (exact) mass is 713 g/mol. The van der Waals surface area contributed by atoms with Gasteiger partial charge in [0.15, 0.2) is 6.10 Å². The van der Waals surface area contributed by atoms with Gasteiger partial charge in [0.2, 0.25) is 12.4 Å². The molecule has 0 spiro atoms. The van der Waals surface area contributed by atoms with Crippen molar-refractivity contribution in [1.82, 2.24) is 9.80 Å². The minimum atomic E-state index is -1.30. The Bertz CT molecular complexity index is 914. The first-order chi connectivity index (χ1) is 24.1. The van der Waals surface area contributed by atoms with Crippen LogP contribution in [0.5, 0.6) is 0 Å². The van der Waals surface area contributed by atoms with Gasteiger partial charge in [-0.25, -0.2) is 0 Å². The lowest BCUT2D eigenvalue weighted by Gasteiger charge is -2.24. The molecule has 0 aromatic heterocycles. The van der Waals surface area contributed by atoms with Crippen molar-refractivity contribution < 1.29 is 42.9 Å². The van der Waals surface area contributed by atoms with E-state index in [2.05, 4.69) is 13.8 Å². The molecule has 50 heavy (non-hydrogen) atoms. The first-order valence-electron chi connectivity index (χ1n) is 19.8. The third-order valence-corrected chi connectivity index (χ3v) is 8.95. The molecule has 1 aliphatic heterocycles. The highest BCUT2D eigenvalue weighted by molar-refractivity contribution is 5.72. The standard InChI is InChI=1S/C39H72N2O9/c1-7-9-11-13-15-17-19-21-23-25-34(43)48-37-32(31-46-33(42)27-29-40(3)4)47-39(50-36(45)28-30-41(5)6)38(37)49-35(44)26-24-22-20-18-16-14-12-10-8-2/h32,37-39H,7-31H2,1-6H3/t32-,37?,38+,39+/m1/s1. The largest absolute Gasteiger partial charge is 0.463 e. The fourth-order valence-electron chi connectivity index (χ4n) is 5.84. The third-order valence-electron chi connectivity index (χ3n) is 8.95. The van der Waals surface area contributed by atoms with Gasteiger partial charge in [0.05, 0.1) is 12.8 Å². The number of rotatable bonds is 31. The molecular weight excluding hydrogens is 640 g/mol. The molecule has 1 unspecified atom stereocenters. The maximum absolute atomic E-state index is 13.1. The number of carbonyl (C=O) groups excluding carboxylic acids is 4. The van der Waals surface area contributed by atoms with Crippen LogP contribution in [-0.4, -0.2) is 106 Å². The summed E-state index contributed by atoms with van der Waals surface area (Å²) in [6.45, 7) is 5.15. The van der Waals surface area contributed by atoms with Gasteiger partial charge in [0.25, 0.3) is 0 Å². The number of esters is 4. The summed E-state index contributed by atoms with van der Waals surface area (Å²) in [5.74, 6) is -1.90. The molecule has 11 nitrogen and oxygen atoms in total. The first-order valence-corrected chi connectivity index (χ1v) is 19.8. The lowest BCUT2D eigenvalue weighted by molar-refractivity contribution is -0.200. The van der Waals surface area contributed by atoms with Gasteiger partial charge in [-0.1, -0.05) is 117 Å². The Balaban J connectivity index is 2.90. The molecular formula is C39H72N2O9. The van der Waals surface area contributed by atoms with Crippen LogP contribution in [0, 0.1) is 0 Å². The van der Waals surface area contributed by atoms with Crippen LogP contribution in [0.4, 0.5) is 0 Å². The lowest BCUT2D eigenvalue weighted by Crippen LogP contribution is -2.43. The van der Waals surface area contributed by atoms with Crippen molar-refractivity contribution >= 4 is 23.9 Å². The van der Waals surface area contributed by atoms with E-state index in [-0.39, 0.29) is 32.3 Å². The van der Waals surface area contributed by atoms with Gasteiger partial charge >= 0.3 is 23.9 Å². The molecule has 0 radical (unpaired) electrons. The molecule has 1 saturated heterocycles. The van der Waals surface area contributed by atoms with Gasteiger partial charge < -0.3 is 33.5 Å². The smallest absolute Gasteiger partial charge is 0.309 e. The van der Waals surface area contributed by atoms with E-state index in [0.29, 0.717) is 25.9 Å². The van der Waals surface area contributed by atoms with Gasteiger partial charge in [-0.3, -0.25) is 19.2 Å². The molecule has 0 aliphatic carbocycles. The summed E-state index contributed by atoms with van der Waals surface area (Å²) in [4.78, 5) is 55.2. The van der Waals surface area contributed by atoms with E-state index in [9.17, 15) is 19.2 Å². The van der Waals surface area contributed by atoms with Crippen molar-refractivity contribution in [2.24, 2.45) is 0 Å². The highest BCUT2D eigenvalue weighted by atomic mass is 16.8. The van der Waals surface area contributed by atoms with Crippen LogP contribution < -0.4 is 0 Å². The Morgan fingerprint density at radius 1 is 0.480 bits per heavy atom. The Kier molecular flexibility index (Phi) is 26.9. The Labute approximate surface area is 303 Å². The lowest BCUT2D eigenvalue weighted by atomic mass is 10.1. The van der Waals surface area contributed by atoms with Gasteiger partial charge in [-0.05, 0) is 41.0 Å². The number of ether oxygens (including phenoxy) is 5. The van der Waals surface area contributed by atoms with Gasteiger partial charge in [0, 0.05) is 25.9 Å². The highest BCUT2D eigenvalue weighted by Crippen LogP contribution is 2.30. The van der Waals surface area contributed by atoms with Crippen molar-refractivity contribution in [3.8, 4) is 0 Å². The van der Waals surface area contributed by atoms with Gasteiger partial charge in [-0.2, -0.15) is 0 Å². The number of hydrogen-bond acceptors (Lipinski definition) is 11. The van der Waals surface area contributed by atoms with Gasteiger partial charge in [0.1, 0.15) is 12.7 Å². The quantitative estimate of drug-likeness (QED) is 0.0407. The van der Waals surface area contributed by atoms with Crippen LogP contribution in [0.15, 0.2) is 0 Å². The maximum Gasteiger partial charge on any atom is 0.309 e. The molecule has 0 N–H and O–H groups in total. The predicted octanol–water partition coefficient (Wildman–Crippen LogP) is 7.37. The van der Waals surface area contributed by atoms with Crippen LogP contribution in [0.2, 0.25) is 0 Å². The van der Waals surface area contributed by atoms with Crippen molar-refractivity contribution in [2.75, 3.05) is 47.9 Å². The van der Waals surface area contributed by atoms with Crippen LogP contribution in [0.25, 0.3) is 0 Å². The Morgan fingerprint density at radius 2 is 0.860 bits per heavy atom. The molecule has 0 aromatic rings. The van der Waals surface area contributed by atoms with E-state index >= 15 is 0 Å². The van der Waals surface area contributed by atoms with E-state index in [1.807, 2.05) is 38.0 Å². The zero-order valence-corrected chi connectivity index (χ0v) is 32.6. The Hall–Kier alpha value is -2.24. The third kappa shape index (κ3) is 23.3. The fourth-order valence-corrected chi connectivity index (χ4v) is 5.84. The minimum Gasteiger partial charge on any atom is -0.463 e. The second-order valence-corrected chi connectivity index (χ2v) is 14.4. The molecule has 1 aliphatic rings. The van der Waals surface area contributed by atoms with Crippen molar-refractivity contribution in [1.29, 1.82) is 0 Å². The highest BCUT2D eigenvalue weighted by Gasteiger charge is 2.52. The molecule has 11 heteroatoms. The first kappa shape index (κ1) is 45.8. The van der Waals surface area contributed by atoms with Gasteiger partial charge in [-0.15, -0.1) is 0 Å². The van der Waals surface area contributed by atoms with Crippen LogP contribution in [-0.2, 0) is 42.9 Å². The number of unbranched alkanes of at least 4 members (excludes halogenated alkanes) is 16. The molecule has 0 saturated carbocycles. The average molecular weight is 713 g/mol. The summed E-state index contributed by atoms with van der Waals surface area (Å²) in [6.07, 6.45) is 16.2. The van der Waals surface area contributed by atoms with Crippen molar-refractivity contribution in [2.45, 2.75) is 180 Å². The van der Waals surface area contributed by atoms with E-state index in [4.69, 9.17) is 23.7 Å². The van der Waals surface area contributed by atoms with E-state index in [1.165, 1.54) is 64.2 Å². The van der Waals surface area contributed by atoms with E-state index in [1.54, 1.807) is 0 Å². The molecule has 292 valence electrons. The van der Waals surface area contributed by atoms with Crippen LogP contribution >= 0.6 is 0 Å². The molecule has 4 atom stereocenters. The number of carbonyl (C=O) groups is 4. The summed E-state index contributed by atoms with van der Waals surface area (Å²) in [5, 5.41) is 0.